The molecule has 0 aromatic carbocycles. The quantitative estimate of drug-likeness (QED) is 0.838. The maximum atomic E-state index is 12.4. The van der Waals surface area contributed by atoms with Gasteiger partial charge in [-0.2, -0.15) is 0 Å². The van der Waals surface area contributed by atoms with E-state index in [0.717, 1.165) is 44.7 Å². The van der Waals surface area contributed by atoms with Gasteiger partial charge < -0.3 is 10.2 Å². The summed E-state index contributed by atoms with van der Waals surface area (Å²) < 4.78 is 0. The molecule has 2 heterocycles. The highest BCUT2D eigenvalue weighted by atomic mass is 16.2. The van der Waals surface area contributed by atoms with Gasteiger partial charge in [-0.05, 0) is 63.0 Å². The molecule has 1 aromatic rings. The third kappa shape index (κ3) is 4.56. The summed E-state index contributed by atoms with van der Waals surface area (Å²) in [4.78, 5) is 14.3. The second-order valence-electron chi connectivity index (χ2n) is 7.06. The molecule has 0 atom stereocenters. The lowest BCUT2D eigenvalue weighted by atomic mass is 9.97. The molecule has 1 N–H and O–H groups in total. The number of nitrogens with zero attached hydrogens (tertiary/aromatic N) is 3. The Morgan fingerprint density at radius 1 is 1.25 bits per heavy atom. The normalized spacial score (nSPS) is 19.0. The number of rotatable bonds is 5. The number of nitrogens with one attached hydrogen (secondary N) is 1. The smallest absolute Gasteiger partial charge is 0.274 e. The molecule has 1 saturated heterocycles. The number of amides is 1. The zero-order valence-electron chi connectivity index (χ0n) is 14.6. The van der Waals surface area contributed by atoms with Gasteiger partial charge in [-0.15, -0.1) is 10.2 Å². The van der Waals surface area contributed by atoms with Crippen LogP contribution in [0.2, 0.25) is 0 Å². The number of anilines is 1. The number of carbonyl (C=O) groups excluding carboxylic acids is 1. The molecule has 3 rings (SSSR count). The molecule has 1 aromatic heterocycles. The Labute approximate surface area is 144 Å². The Morgan fingerprint density at radius 3 is 2.75 bits per heavy atom. The lowest BCUT2D eigenvalue weighted by Gasteiger charge is -2.29. The van der Waals surface area contributed by atoms with Crippen LogP contribution < -0.4 is 5.32 Å². The number of allylic oxidation sites excluding steroid dienone is 1. The molecule has 130 valence electrons. The fraction of sp³-hybridized carbons (Fsp3) is 0.632. The van der Waals surface area contributed by atoms with E-state index in [1.54, 1.807) is 11.6 Å². The fourth-order valence-electron chi connectivity index (χ4n) is 3.40. The minimum absolute atomic E-state index is 0.00770. The molecule has 1 aliphatic heterocycles. The van der Waals surface area contributed by atoms with Crippen LogP contribution in [0, 0.1) is 5.92 Å². The van der Waals surface area contributed by atoms with Gasteiger partial charge in [-0.25, -0.2) is 0 Å². The number of piperidine rings is 1. The van der Waals surface area contributed by atoms with Gasteiger partial charge in [0.1, 0.15) is 5.82 Å². The number of hydrogen-bond donors (Lipinski definition) is 1. The molecule has 0 saturated carbocycles. The van der Waals surface area contributed by atoms with Crippen molar-refractivity contribution in [1.29, 1.82) is 0 Å². The Hall–Kier alpha value is -1.91. The standard InChI is InChI=1S/C19H28N4O/c1-15-10-13-23(14-11-15)19(24)17-7-8-18(22-21-17)20-12-9-16-5-3-2-4-6-16/h5,7-8,15H,2-4,6,9-14H2,1H3,(H,20,22). The van der Waals surface area contributed by atoms with Crippen molar-refractivity contribution in [2.45, 2.75) is 51.9 Å². The first kappa shape index (κ1) is 16.9. The molecule has 5 heteroatoms. The SMILES string of the molecule is CC1CCN(C(=O)c2ccc(NCCC3=CCCCC3)nn2)CC1. The van der Waals surface area contributed by atoms with Crippen LogP contribution in [0.4, 0.5) is 5.82 Å². The van der Waals surface area contributed by atoms with Crippen LogP contribution in [0.25, 0.3) is 0 Å². The monoisotopic (exact) mass is 328 g/mol. The van der Waals surface area contributed by atoms with Crippen LogP contribution >= 0.6 is 0 Å². The maximum absolute atomic E-state index is 12.4. The van der Waals surface area contributed by atoms with E-state index >= 15 is 0 Å². The zero-order valence-corrected chi connectivity index (χ0v) is 14.6. The van der Waals surface area contributed by atoms with Gasteiger partial charge in [0.05, 0.1) is 0 Å². The number of carbonyl (C=O) groups is 1. The van der Waals surface area contributed by atoms with E-state index in [-0.39, 0.29) is 5.91 Å². The summed E-state index contributed by atoms with van der Waals surface area (Å²) in [6.45, 7) is 4.77. The number of likely N-dealkylation sites (tertiary alicyclic amines) is 1. The second-order valence-corrected chi connectivity index (χ2v) is 7.06. The van der Waals surface area contributed by atoms with Crippen molar-refractivity contribution in [1.82, 2.24) is 15.1 Å². The van der Waals surface area contributed by atoms with E-state index in [9.17, 15) is 4.79 Å². The van der Waals surface area contributed by atoms with Gasteiger partial charge in [-0.3, -0.25) is 4.79 Å². The van der Waals surface area contributed by atoms with Crippen LogP contribution in [-0.4, -0.2) is 40.6 Å². The summed E-state index contributed by atoms with van der Waals surface area (Å²) in [5, 5.41) is 11.6. The zero-order chi connectivity index (χ0) is 16.8. The molecular weight excluding hydrogens is 300 g/mol. The molecule has 0 bridgehead atoms. The molecule has 2 aliphatic rings. The first-order valence-corrected chi connectivity index (χ1v) is 9.27. The molecule has 0 unspecified atom stereocenters. The van der Waals surface area contributed by atoms with Gasteiger partial charge in [0.2, 0.25) is 0 Å². The largest absolute Gasteiger partial charge is 0.368 e. The minimum Gasteiger partial charge on any atom is -0.368 e. The van der Waals surface area contributed by atoms with Gasteiger partial charge in [-0.1, -0.05) is 18.6 Å². The van der Waals surface area contributed by atoms with Crippen LogP contribution in [0.5, 0.6) is 0 Å². The first-order chi connectivity index (χ1) is 11.7. The minimum atomic E-state index is 0.00770. The Morgan fingerprint density at radius 2 is 2.08 bits per heavy atom. The lowest BCUT2D eigenvalue weighted by Crippen LogP contribution is -2.38. The highest BCUT2D eigenvalue weighted by Gasteiger charge is 2.22. The van der Waals surface area contributed by atoms with E-state index in [2.05, 4.69) is 28.5 Å². The predicted octanol–water partition coefficient (Wildman–Crippen LogP) is 3.65. The first-order valence-electron chi connectivity index (χ1n) is 9.27. The summed E-state index contributed by atoms with van der Waals surface area (Å²) in [7, 11) is 0. The Bertz CT molecular complexity index is 574. The molecular formula is C19H28N4O. The summed E-state index contributed by atoms with van der Waals surface area (Å²) in [6.07, 6.45) is 10.7. The Balaban J connectivity index is 1.47. The average Bonchev–Trinajstić information content (AvgIpc) is 2.63. The van der Waals surface area contributed by atoms with Gasteiger partial charge in [0.15, 0.2) is 5.69 Å². The molecule has 1 aliphatic carbocycles. The molecule has 0 spiro atoms. The number of aromatic nitrogens is 2. The predicted molar refractivity (Wildman–Crippen MR) is 96.0 cm³/mol. The van der Waals surface area contributed by atoms with Crippen molar-refractivity contribution in [3.63, 3.8) is 0 Å². The second kappa shape index (κ2) is 8.27. The molecule has 1 amide bonds. The van der Waals surface area contributed by atoms with Gasteiger partial charge in [0.25, 0.3) is 5.91 Å². The summed E-state index contributed by atoms with van der Waals surface area (Å²) in [6, 6.07) is 3.65. The number of hydrogen-bond acceptors (Lipinski definition) is 4. The molecule has 5 nitrogen and oxygen atoms in total. The van der Waals surface area contributed by atoms with Crippen LogP contribution in [0.3, 0.4) is 0 Å². The highest BCUT2D eigenvalue weighted by molar-refractivity contribution is 5.92. The van der Waals surface area contributed by atoms with E-state index in [1.807, 2.05) is 11.0 Å². The van der Waals surface area contributed by atoms with Gasteiger partial charge in [0, 0.05) is 19.6 Å². The van der Waals surface area contributed by atoms with E-state index < -0.39 is 0 Å². The molecule has 1 fully saturated rings. The summed E-state index contributed by atoms with van der Waals surface area (Å²) in [5.41, 5.74) is 2.00. The van der Waals surface area contributed by atoms with E-state index in [4.69, 9.17) is 0 Å². The average molecular weight is 328 g/mol. The molecule has 0 radical (unpaired) electrons. The van der Waals surface area contributed by atoms with Crippen molar-refractivity contribution < 1.29 is 4.79 Å². The molecule has 24 heavy (non-hydrogen) atoms. The van der Waals surface area contributed by atoms with Crippen molar-refractivity contribution in [2.75, 3.05) is 25.0 Å². The summed E-state index contributed by atoms with van der Waals surface area (Å²) >= 11 is 0. The maximum Gasteiger partial charge on any atom is 0.274 e. The van der Waals surface area contributed by atoms with Crippen LogP contribution in [0.15, 0.2) is 23.8 Å². The third-order valence-corrected chi connectivity index (χ3v) is 5.09. The van der Waals surface area contributed by atoms with Crippen LogP contribution in [-0.2, 0) is 0 Å². The lowest BCUT2D eigenvalue weighted by molar-refractivity contribution is 0.0690. The highest BCUT2D eigenvalue weighted by Crippen LogP contribution is 2.20. The third-order valence-electron chi connectivity index (χ3n) is 5.09. The van der Waals surface area contributed by atoms with Crippen molar-refractivity contribution in [3.8, 4) is 0 Å². The van der Waals surface area contributed by atoms with Crippen molar-refractivity contribution >= 4 is 11.7 Å². The Kier molecular flexibility index (Phi) is 5.83. The van der Waals surface area contributed by atoms with Crippen molar-refractivity contribution in [3.05, 3.63) is 29.5 Å². The summed E-state index contributed by atoms with van der Waals surface area (Å²) in [5.74, 6) is 1.47. The fourth-order valence-corrected chi connectivity index (χ4v) is 3.40. The van der Waals surface area contributed by atoms with E-state index in [0.29, 0.717) is 11.6 Å². The van der Waals surface area contributed by atoms with Crippen LogP contribution in [0.1, 0.15) is 62.4 Å². The van der Waals surface area contributed by atoms with E-state index in [1.165, 1.54) is 25.7 Å². The van der Waals surface area contributed by atoms with Crippen molar-refractivity contribution in [2.24, 2.45) is 5.92 Å². The van der Waals surface area contributed by atoms with Gasteiger partial charge >= 0.3 is 0 Å². The topological polar surface area (TPSA) is 58.1 Å².